The second kappa shape index (κ2) is 7.75. The predicted molar refractivity (Wildman–Crippen MR) is 115 cm³/mol. The molecule has 6 nitrogen and oxygen atoms in total. The molecular formula is C23H22N4O2. The molecule has 0 aliphatic heterocycles. The van der Waals surface area contributed by atoms with E-state index in [1.165, 1.54) is 0 Å². The maximum absolute atomic E-state index is 13.6. The lowest BCUT2D eigenvalue weighted by atomic mass is 10.1. The zero-order valence-electron chi connectivity index (χ0n) is 16.4. The summed E-state index contributed by atoms with van der Waals surface area (Å²) in [4.78, 5) is 24.5. The number of rotatable bonds is 5. The zero-order valence-corrected chi connectivity index (χ0v) is 16.4. The predicted octanol–water partition coefficient (Wildman–Crippen LogP) is 3.47. The summed E-state index contributed by atoms with van der Waals surface area (Å²) in [6.45, 7) is 0.442. The molecule has 4 aromatic rings. The Kier molecular flexibility index (Phi) is 4.99. The highest BCUT2D eigenvalue weighted by Crippen LogP contribution is 2.29. The highest BCUT2D eigenvalue weighted by Gasteiger charge is 2.18. The molecule has 6 heteroatoms. The van der Waals surface area contributed by atoms with Gasteiger partial charge in [0.2, 0.25) is 0 Å². The summed E-state index contributed by atoms with van der Waals surface area (Å²) in [5, 5.41) is 10.9. The van der Waals surface area contributed by atoms with Gasteiger partial charge in [0.1, 0.15) is 22.8 Å². The Hall–Kier alpha value is -3.67. The normalized spacial score (nSPS) is 11.0. The van der Waals surface area contributed by atoms with E-state index in [4.69, 9.17) is 4.98 Å². The summed E-state index contributed by atoms with van der Waals surface area (Å²) < 4.78 is 1.64. The van der Waals surface area contributed by atoms with Crippen molar-refractivity contribution in [1.29, 1.82) is 0 Å². The van der Waals surface area contributed by atoms with Crippen LogP contribution in [0.4, 0.5) is 5.82 Å². The van der Waals surface area contributed by atoms with Crippen LogP contribution in [0.15, 0.2) is 71.7 Å². The molecule has 0 radical (unpaired) electrons. The molecule has 2 heterocycles. The second-order valence-electron chi connectivity index (χ2n) is 7.07. The number of aromatic hydroxyl groups is 1. The number of hydrogen-bond acceptors (Lipinski definition) is 5. The van der Waals surface area contributed by atoms with E-state index in [2.05, 4.69) is 4.98 Å². The highest BCUT2D eigenvalue weighted by molar-refractivity contribution is 5.89. The van der Waals surface area contributed by atoms with Crippen molar-refractivity contribution in [3.8, 4) is 17.1 Å². The van der Waals surface area contributed by atoms with Crippen LogP contribution < -0.4 is 10.5 Å². The van der Waals surface area contributed by atoms with E-state index in [9.17, 15) is 9.90 Å². The number of pyridine rings is 1. The maximum atomic E-state index is 13.6. The van der Waals surface area contributed by atoms with Gasteiger partial charge in [-0.3, -0.25) is 9.36 Å². The average Bonchev–Trinajstić information content (AvgIpc) is 2.73. The molecule has 146 valence electrons. The highest BCUT2D eigenvalue weighted by atomic mass is 16.3. The van der Waals surface area contributed by atoms with Gasteiger partial charge in [0, 0.05) is 26.8 Å². The van der Waals surface area contributed by atoms with Gasteiger partial charge in [0.05, 0.1) is 11.1 Å². The summed E-state index contributed by atoms with van der Waals surface area (Å²) in [6, 6.07) is 18.7. The van der Waals surface area contributed by atoms with Crippen molar-refractivity contribution in [2.24, 2.45) is 0 Å². The van der Waals surface area contributed by atoms with Crippen LogP contribution in [0.2, 0.25) is 0 Å². The lowest BCUT2D eigenvalue weighted by Crippen LogP contribution is -2.26. The number of aryl methyl sites for hydroxylation is 1. The fraction of sp³-hybridized carbons (Fsp3) is 0.174. The van der Waals surface area contributed by atoms with Crippen molar-refractivity contribution in [1.82, 2.24) is 14.5 Å². The molecule has 0 saturated carbocycles. The van der Waals surface area contributed by atoms with E-state index in [0.29, 0.717) is 41.1 Å². The Morgan fingerprint density at radius 1 is 1.00 bits per heavy atom. The Balaban J connectivity index is 1.95. The molecule has 29 heavy (non-hydrogen) atoms. The molecular weight excluding hydrogens is 364 g/mol. The number of benzene rings is 2. The monoisotopic (exact) mass is 386 g/mol. The number of nitrogens with zero attached hydrogens (tertiary/aromatic N) is 4. The molecule has 0 bridgehead atoms. The van der Waals surface area contributed by atoms with Gasteiger partial charge in [-0.1, -0.05) is 42.5 Å². The molecule has 4 rings (SSSR count). The van der Waals surface area contributed by atoms with Crippen LogP contribution in [0.5, 0.6) is 5.75 Å². The fourth-order valence-electron chi connectivity index (χ4n) is 3.45. The third-order valence-electron chi connectivity index (χ3n) is 4.89. The van der Waals surface area contributed by atoms with Crippen LogP contribution in [0.25, 0.3) is 22.3 Å². The van der Waals surface area contributed by atoms with Crippen LogP contribution in [0.3, 0.4) is 0 Å². The Labute approximate surface area is 168 Å². The number of fused-ring (bicyclic) bond motifs is 1. The van der Waals surface area contributed by atoms with Gasteiger partial charge < -0.3 is 10.0 Å². The number of para-hydroxylation sites is 1. The SMILES string of the molecule is CN(C)c1nccc2nc(-c3ccccc3O)n(CCc3ccccc3)c(=O)c12. The molecule has 0 spiro atoms. The van der Waals surface area contributed by atoms with Crippen molar-refractivity contribution in [2.75, 3.05) is 19.0 Å². The first-order valence-corrected chi connectivity index (χ1v) is 9.45. The lowest BCUT2D eigenvalue weighted by molar-refractivity contribution is 0.476. The molecule has 0 atom stereocenters. The number of phenolic OH excluding ortho intramolecular Hbond substituents is 1. The molecule has 0 fully saturated rings. The fourth-order valence-corrected chi connectivity index (χ4v) is 3.45. The van der Waals surface area contributed by atoms with Gasteiger partial charge in [0.15, 0.2) is 0 Å². The Bertz CT molecular complexity index is 1220. The standard InChI is InChI=1S/C23H22N4O2/c1-26(2)22-20-18(12-14-24-22)25-21(17-10-6-7-11-19(17)28)27(23(20)29)15-13-16-8-4-3-5-9-16/h3-12,14,28H,13,15H2,1-2H3. The largest absolute Gasteiger partial charge is 0.507 e. The first kappa shape index (κ1) is 18.7. The molecule has 0 amide bonds. The lowest BCUT2D eigenvalue weighted by Gasteiger charge is -2.18. The summed E-state index contributed by atoms with van der Waals surface area (Å²) in [5.74, 6) is 1.12. The minimum absolute atomic E-state index is 0.0918. The van der Waals surface area contributed by atoms with Crippen LogP contribution in [0.1, 0.15) is 5.56 Å². The zero-order chi connectivity index (χ0) is 20.4. The minimum atomic E-state index is -0.166. The summed E-state index contributed by atoms with van der Waals surface area (Å²) in [6.07, 6.45) is 2.32. The topological polar surface area (TPSA) is 71.2 Å². The quantitative estimate of drug-likeness (QED) is 0.569. The van der Waals surface area contributed by atoms with E-state index >= 15 is 0 Å². The van der Waals surface area contributed by atoms with Crippen molar-refractivity contribution >= 4 is 16.7 Å². The molecule has 0 unspecified atom stereocenters. The third-order valence-corrected chi connectivity index (χ3v) is 4.89. The Morgan fingerprint density at radius 3 is 2.45 bits per heavy atom. The molecule has 2 aromatic heterocycles. The summed E-state index contributed by atoms with van der Waals surface area (Å²) in [7, 11) is 3.71. The van der Waals surface area contributed by atoms with E-state index in [0.717, 1.165) is 5.56 Å². The first-order valence-electron chi connectivity index (χ1n) is 9.45. The van der Waals surface area contributed by atoms with Gasteiger partial charge in [-0.05, 0) is 30.2 Å². The van der Waals surface area contributed by atoms with E-state index < -0.39 is 0 Å². The maximum Gasteiger partial charge on any atom is 0.265 e. The Morgan fingerprint density at radius 2 is 1.72 bits per heavy atom. The minimum Gasteiger partial charge on any atom is -0.507 e. The van der Waals surface area contributed by atoms with Crippen molar-refractivity contribution < 1.29 is 5.11 Å². The van der Waals surface area contributed by atoms with E-state index in [1.54, 1.807) is 35.0 Å². The van der Waals surface area contributed by atoms with Gasteiger partial charge >= 0.3 is 0 Å². The summed E-state index contributed by atoms with van der Waals surface area (Å²) >= 11 is 0. The van der Waals surface area contributed by atoms with E-state index in [-0.39, 0.29) is 11.3 Å². The van der Waals surface area contributed by atoms with Crippen LogP contribution >= 0.6 is 0 Å². The summed E-state index contributed by atoms with van der Waals surface area (Å²) in [5.41, 5.74) is 2.05. The van der Waals surface area contributed by atoms with E-state index in [1.807, 2.05) is 55.4 Å². The van der Waals surface area contributed by atoms with Crippen LogP contribution in [-0.2, 0) is 13.0 Å². The molecule has 0 saturated heterocycles. The third kappa shape index (κ3) is 3.57. The van der Waals surface area contributed by atoms with Gasteiger partial charge in [-0.15, -0.1) is 0 Å². The molecule has 1 N–H and O–H groups in total. The molecule has 0 aliphatic rings. The number of anilines is 1. The second-order valence-corrected chi connectivity index (χ2v) is 7.07. The first-order chi connectivity index (χ1) is 14.1. The van der Waals surface area contributed by atoms with Crippen molar-refractivity contribution in [3.05, 3.63) is 82.8 Å². The number of hydrogen-bond donors (Lipinski definition) is 1. The van der Waals surface area contributed by atoms with Gasteiger partial charge in [-0.25, -0.2) is 9.97 Å². The molecule has 2 aromatic carbocycles. The van der Waals surface area contributed by atoms with Crippen molar-refractivity contribution in [3.63, 3.8) is 0 Å². The van der Waals surface area contributed by atoms with Gasteiger partial charge in [0.25, 0.3) is 5.56 Å². The van der Waals surface area contributed by atoms with Crippen LogP contribution in [-0.4, -0.2) is 33.7 Å². The van der Waals surface area contributed by atoms with Crippen LogP contribution in [0, 0.1) is 0 Å². The van der Waals surface area contributed by atoms with Gasteiger partial charge in [-0.2, -0.15) is 0 Å². The average molecular weight is 386 g/mol. The number of phenols is 1. The smallest absolute Gasteiger partial charge is 0.265 e. The molecule has 0 aliphatic carbocycles. The van der Waals surface area contributed by atoms with Crippen molar-refractivity contribution in [2.45, 2.75) is 13.0 Å². The number of aromatic nitrogens is 3.